The number of nitrogens with one attached hydrogen (secondary N) is 1. The molecule has 1 amide bonds. The normalized spacial score (nSPS) is 16.0. The number of rotatable bonds is 7. The van der Waals surface area contributed by atoms with E-state index in [2.05, 4.69) is 17.2 Å². The first-order chi connectivity index (χ1) is 17.3. The van der Waals surface area contributed by atoms with Crippen LogP contribution in [-0.2, 0) is 16.2 Å². The van der Waals surface area contributed by atoms with Crippen LogP contribution in [0, 0.1) is 17.3 Å². The average Bonchev–Trinajstić information content (AvgIpc) is 2.83. The van der Waals surface area contributed by atoms with Crippen molar-refractivity contribution in [3.63, 3.8) is 0 Å². The van der Waals surface area contributed by atoms with Crippen LogP contribution in [0.1, 0.15) is 31.4 Å². The van der Waals surface area contributed by atoms with Crippen LogP contribution < -0.4 is 10.2 Å². The number of amides is 1. The number of anilines is 1. The fraction of sp³-hybridized carbons (Fsp3) is 0.423. The number of nitrogens with zero attached hydrogens (tertiary/aromatic N) is 2. The minimum Gasteiger partial charge on any atom is -0.465 e. The van der Waals surface area contributed by atoms with Gasteiger partial charge in [-0.25, -0.2) is 13.2 Å². The minimum atomic E-state index is -4.42. The number of hydrogen-bond donors (Lipinski definition) is 2. The van der Waals surface area contributed by atoms with Gasteiger partial charge in [-0.05, 0) is 41.8 Å². The SMILES string of the molecule is CC(C)(CC#Cc1ccccc1)C(CS(=O)(=O)N1CCN(c2ccc(C(F)(F)F)cc2)CC1)NC(=O)O. The van der Waals surface area contributed by atoms with E-state index in [1.165, 1.54) is 16.4 Å². The molecule has 2 N–H and O–H groups in total. The molecule has 0 spiro atoms. The van der Waals surface area contributed by atoms with Gasteiger partial charge in [-0.15, -0.1) is 0 Å². The third kappa shape index (κ3) is 7.87. The van der Waals surface area contributed by atoms with Crippen molar-refractivity contribution in [3.05, 3.63) is 65.7 Å². The largest absolute Gasteiger partial charge is 0.465 e. The van der Waals surface area contributed by atoms with Crippen molar-refractivity contribution in [3.8, 4) is 11.8 Å². The molecule has 2 aromatic rings. The van der Waals surface area contributed by atoms with Gasteiger partial charge in [0.2, 0.25) is 10.0 Å². The zero-order valence-corrected chi connectivity index (χ0v) is 21.4. The summed E-state index contributed by atoms with van der Waals surface area (Å²) in [4.78, 5) is 13.3. The van der Waals surface area contributed by atoms with Gasteiger partial charge in [0.25, 0.3) is 0 Å². The van der Waals surface area contributed by atoms with Crippen LogP contribution >= 0.6 is 0 Å². The van der Waals surface area contributed by atoms with Crippen molar-refractivity contribution in [1.29, 1.82) is 0 Å². The number of halogens is 3. The molecule has 37 heavy (non-hydrogen) atoms. The molecule has 7 nitrogen and oxygen atoms in total. The summed E-state index contributed by atoms with van der Waals surface area (Å²) in [6, 6.07) is 13.1. The molecule has 11 heteroatoms. The maximum Gasteiger partial charge on any atom is 0.416 e. The number of benzene rings is 2. The third-order valence-electron chi connectivity index (χ3n) is 6.36. The molecule has 1 aliphatic heterocycles. The highest BCUT2D eigenvalue weighted by Crippen LogP contribution is 2.31. The summed E-state index contributed by atoms with van der Waals surface area (Å²) in [5, 5.41) is 11.7. The van der Waals surface area contributed by atoms with E-state index in [4.69, 9.17) is 0 Å². The number of carboxylic acid groups (broad SMARTS) is 1. The predicted octanol–water partition coefficient (Wildman–Crippen LogP) is 4.26. The van der Waals surface area contributed by atoms with Gasteiger partial charge in [-0.1, -0.05) is 43.9 Å². The first-order valence-electron chi connectivity index (χ1n) is 11.7. The molecule has 0 aromatic heterocycles. The molecule has 3 rings (SSSR count). The van der Waals surface area contributed by atoms with Gasteiger partial charge in [0.15, 0.2) is 0 Å². The number of piperazine rings is 1. The van der Waals surface area contributed by atoms with E-state index in [-0.39, 0.29) is 19.5 Å². The number of carbonyl (C=O) groups is 1. The summed E-state index contributed by atoms with van der Waals surface area (Å²) in [7, 11) is -3.84. The Morgan fingerprint density at radius 2 is 1.62 bits per heavy atom. The monoisotopic (exact) mass is 537 g/mol. The Kier molecular flexibility index (Phi) is 8.76. The first-order valence-corrected chi connectivity index (χ1v) is 13.3. The summed E-state index contributed by atoms with van der Waals surface area (Å²) < 4.78 is 66.2. The van der Waals surface area contributed by atoms with Crippen molar-refractivity contribution in [2.45, 2.75) is 32.5 Å². The van der Waals surface area contributed by atoms with Crippen molar-refractivity contribution in [1.82, 2.24) is 9.62 Å². The Bertz CT molecular complexity index is 1230. The molecule has 0 saturated carbocycles. The average molecular weight is 538 g/mol. The maximum absolute atomic E-state index is 13.2. The molecule has 1 fully saturated rings. The van der Waals surface area contributed by atoms with E-state index < -0.39 is 45.1 Å². The van der Waals surface area contributed by atoms with Gasteiger partial charge in [-0.2, -0.15) is 17.5 Å². The number of sulfonamides is 1. The van der Waals surface area contributed by atoms with Crippen LogP contribution in [0.5, 0.6) is 0 Å². The van der Waals surface area contributed by atoms with Gasteiger partial charge in [-0.3, -0.25) is 0 Å². The van der Waals surface area contributed by atoms with E-state index in [0.29, 0.717) is 18.8 Å². The lowest BCUT2D eigenvalue weighted by molar-refractivity contribution is -0.137. The number of alkyl halides is 3. The maximum atomic E-state index is 13.2. The second-order valence-corrected chi connectivity index (χ2v) is 11.6. The van der Waals surface area contributed by atoms with Crippen LogP contribution in [0.25, 0.3) is 0 Å². The van der Waals surface area contributed by atoms with E-state index in [9.17, 15) is 31.5 Å². The van der Waals surface area contributed by atoms with Crippen molar-refractivity contribution >= 4 is 21.8 Å². The second kappa shape index (κ2) is 11.4. The third-order valence-corrected chi connectivity index (χ3v) is 8.27. The predicted molar refractivity (Wildman–Crippen MR) is 136 cm³/mol. The van der Waals surface area contributed by atoms with E-state index >= 15 is 0 Å². The lowest BCUT2D eigenvalue weighted by atomic mass is 9.82. The molecule has 0 radical (unpaired) electrons. The smallest absolute Gasteiger partial charge is 0.416 e. The zero-order chi connectivity index (χ0) is 27.3. The number of hydrogen-bond acceptors (Lipinski definition) is 4. The lowest BCUT2D eigenvalue weighted by Gasteiger charge is -2.38. The molecule has 1 unspecified atom stereocenters. The van der Waals surface area contributed by atoms with Crippen LogP contribution in [0.2, 0.25) is 0 Å². The Morgan fingerprint density at radius 1 is 1.03 bits per heavy atom. The first kappa shape index (κ1) is 28.3. The second-order valence-electron chi connectivity index (χ2n) is 9.54. The zero-order valence-electron chi connectivity index (χ0n) is 20.6. The topological polar surface area (TPSA) is 90.0 Å². The molecular formula is C26H30F3N3O4S. The van der Waals surface area contributed by atoms with Crippen molar-refractivity contribution < 1.29 is 31.5 Å². The standard InChI is InChI=1S/C26H30F3N3O4S/c1-25(2,14-6-9-20-7-4-3-5-8-20)23(30-24(33)34)19-37(35,36)32-17-15-31(16-18-32)22-12-10-21(11-13-22)26(27,28)29/h3-5,7-8,10-13,23,30H,14-19H2,1-2H3,(H,33,34). The highest BCUT2D eigenvalue weighted by molar-refractivity contribution is 7.89. The molecular weight excluding hydrogens is 507 g/mol. The van der Waals surface area contributed by atoms with Gasteiger partial charge < -0.3 is 15.3 Å². The van der Waals surface area contributed by atoms with E-state index in [0.717, 1.165) is 17.7 Å². The van der Waals surface area contributed by atoms with Gasteiger partial charge >= 0.3 is 12.3 Å². The molecule has 1 heterocycles. The molecule has 0 bridgehead atoms. The van der Waals surface area contributed by atoms with Crippen molar-refractivity contribution in [2.75, 3.05) is 36.8 Å². The van der Waals surface area contributed by atoms with Gasteiger partial charge in [0.05, 0.1) is 17.4 Å². The van der Waals surface area contributed by atoms with Crippen molar-refractivity contribution in [2.24, 2.45) is 5.41 Å². The van der Waals surface area contributed by atoms with Gasteiger partial charge in [0.1, 0.15) is 0 Å². The fourth-order valence-corrected chi connectivity index (χ4v) is 5.92. The van der Waals surface area contributed by atoms with Crippen LogP contribution in [0.3, 0.4) is 0 Å². The summed E-state index contributed by atoms with van der Waals surface area (Å²) in [5.41, 5.74) is -0.145. The quantitative estimate of drug-likeness (QED) is 0.516. The molecule has 1 atom stereocenters. The van der Waals surface area contributed by atoms with Crippen LogP contribution in [0.15, 0.2) is 54.6 Å². The summed E-state index contributed by atoms with van der Waals surface area (Å²) in [6.07, 6.45) is -5.48. The fourth-order valence-electron chi connectivity index (χ4n) is 4.03. The van der Waals surface area contributed by atoms with Crippen LogP contribution in [0.4, 0.5) is 23.7 Å². The summed E-state index contributed by atoms with van der Waals surface area (Å²) >= 11 is 0. The summed E-state index contributed by atoms with van der Waals surface area (Å²) in [5.74, 6) is 5.61. The Balaban J connectivity index is 1.65. The molecule has 200 valence electrons. The highest BCUT2D eigenvalue weighted by Gasteiger charge is 2.37. The highest BCUT2D eigenvalue weighted by atomic mass is 32.2. The Morgan fingerprint density at radius 3 is 2.16 bits per heavy atom. The Labute approximate surface area is 215 Å². The molecule has 1 saturated heterocycles. The molecule has 0 aliphatic carbocycles. The Hall–Kier alpha value is -3.23. The minimum absolute atomic E-state index is 0.136. The molecule has 1 aliphatic rings. The lowest BCUT2D eigenvalue weighted by Crippen LogP contribution is -2.54. The van der Waals surface area contributed by atoms with Crippen LogP contribution in [-0.4, -0.2) is 61.9 Å². The summed E-state index contributed by atoms with van der Waals surface area (Å²) in [6.45, 7) is 4.41. The molecule has 2 aromatic carbocycles. The van der Waals surface area contributed by atoms with E-state index in [1.807, 2.05) is 35.2 Å². The van der Waals surface area contributed by atoms with E-state index in [1.54, 1.807) is 13.8 Å². The van der Waals surface area contributed by atoms with Gasteiger partial charge in [0, 0.05) is 43.9 Å².